The van der Waals surface area contributed by atoms with Crippen LogP contribution >= 0.6 is 0 Å². The molecule has 0 unspecified atom stereocenters. The third kappa shape index (κ3) is 3.92. The molecule has 0 aliphatic carbocycles. The monoisotopic (exact) mass is 336 g/mol. The molecule has 0 spiro atoms. The van der Waals surface area contributed by atoms with Crippen LogP contribution < -0.4 is 10.1 Å². The highest BCUT2D eigenvalue weighted by Crippen LogP contribution is 2.24. The first-order valence-corrected chi connectivity index (χ1v) is 7.78. The van der Waals surface area contributed by atoms with E-state index in [1.807, 2.05) is 42.5 Å². The van der Waals surface area contributed by atoms with E-state index in [9.17, 15) is 14.9 Å². The minimum atomic E-state index is -0.527. The minimum Gasteiger partial charge on any atom is -0.491 e. The van der Waals surface area contributed by atoms with Crippen molar-refractivity contribution < 1.29 is 14.5 Å². The zero-order valence-corrected chi connectivity index (χ0v) is 13.3. The largest absolute Gasteiger partial charge is 0.491 e. The van der Waals surface area contributed by atoms with Gasteiger partial charge in [-0.3, -0.25) is 14.9 Å². The van der Waals surface area contributed by atoms with Gasteiger partial charge >= 0.3 is 0 Å². The topological polar surface area (TPSA) is 81.5 Å². The van der Waals surface area contributed by atoms with E-state index in [4.69, 9.17) is 4.74 Å². The molecule has 6 nitrogen and oxygen atoms in total. The van der Waals surface area contributed by atoms with Crippen LogP contribution in [0.3, 0.4) is 0 Å². The van der Waals surface area contributed by atoms with Crippen molar-refractivity contribution in [1.29, 1.82) is 0 Å². The molecular weight excluding hydrogens is 320 g/mol. The SMILES string of the molecule is O=C(NCCOc1cccc2ccccc12)c1cccc([N+](=O)[O-])c1. The van der Waals surface area contributed by atoms with Crippen LogP contribution in [0.4, 0.5) is 5.69 Å². The summed E-state index contributed by atoms with van der Waals surface area (Å²) in [5.74, 6) is 0.382. The molecule has 0 radical (unpaired) electrons. The molecule has 0 aromatic heterocycles. The van der Waals surface area contributed by atoms with Gasteiger partial charge in [-0.2, -0.15) is 0 Å². The predicted molar refractivity (Wildman–Crippen MR) is 94.9 cm³/mol. The van der Waals surface area contributed by atoms with E-state index < -0.39 is 4.92 Å². The van der Waals surface area contributed by atoms with Gasteiger partial charge in [-0.15, -0.1) is 0 Å². The van der Waals surface area contributed by atoms with Gasteiger partial charge in [0.15, 0.2) is 0 Å². The van der Waals surface area contributed by atoms with E-state index in [1.165, 1.54) is 24.3 Å². The van der Waals surface area contributed by atoms with Crippen LogP contribution in [-0.2, 0) is 0 Å². The molecule has 6 heteroatoms. The number of nitro benzene ring substituents is 1. The smallest absolute Gasteiger partial charge is 0.270 e. The summed E-state index contributed by atoms with van der Waals surface area (Å²) >= 11 is 0. The van der Waals surface area contributed by atoms with E-state index in [0.29, 0.717) is 13.2 Å². The van der Waals surface area contributed by atoms with Gasteiger partial charge in [-0.25, -0.2) is 0 Å². The molecule has 0 aliphatic heterocycles. The summed E-state index contributed by atoms with van der Waals surface area (Å²) in [5, 5.41) is 15.5. The first-order valence-electron chi connectivity index (χ1n) is 7.78. The zero-order valence-electron chi connectivity index (χ0n) is 13.3. The molecule has 3 aromatic rings. The van der Waals surface area contributed by atoms with Gasteiger partial charge in [-0.05, 0) is 17.5 Å². The van der Waals surface area contributed by atoms with Crippen LogP contribution in [0.25, 0.3) is 10.8 Å². The van der Waals surface area contributed by atoms with Crippen LogP contribution in [0.5, 0.6) is 5.75 Å². The maximum atomic E-state index is 12.1. The van der Waals surface area contributed by atoms with Crippen LogP contribution in [-0.4, -0.2) is 24.0 Å². The fourth-order valence-electron chi connectivity index (χ4n) is 2.51. The van der Waals surface area contributed by atoms with Crippen molar-refractivity contribution in [3.63, 3.8) is 0 Å². The van der Waals surface area contributed by atoms with Crippen molar-refractivity contribution in [3.8, 4) is 5.75 Å². The molecule has 0 heterocycles. The Bertz CT molecular complexity index is 919. The van der Waals surface area contributed by atoms with Gasteiger partial charge in [0.2, 0.25) is 0 Å². The average molecular weight is 336 g/mol. The number of non-ortho nitro benzene ring substituents is 1. The van der Waals surface area contributed by atoms with E-state index >= 15 is 0 Å². The summed E-state index contributed by atoms with van der Waals surface area (Å²) < 4.78 is 5.74. The summed E-state index contributed by atoms with van der Waals surface area (Å²) in [6.07, 6.45) is 0. The van der Waals surface area contributed by atoms with Crippen molar-refractivity contribution in [1.82, 2.24) is 5.32 Å². The Balaban J connectivity index is 1.57. The minimum absolute atomic E-state index is 0.111. The quantitative estimate of drug-likeness (QED) is 0.424. The maximum absolute atomic E-state index is 12.1. The second kappa shape index (κ2) is 7.44. The highest BCUT2D eigenvalue weighted by molar-refractivity contribution is 5.94. The molecular formula is C19H16N2O4. The van der Waals surface area contributed by atoms with E-state index in [1.54, 1.807) is 0 Å². The summed E-state index contributed by atoms with van der Waals surface area (Å²) in [6, 6.07) is 19.3. The standard InChI is InChI=1S/C19H16N2O4/c22-19(15-7-3-8-16(13-15)21(23)24)20-11-12-25-18-10-4-6-14-5-1-2-9-17(14)18/h1-10,13H,11-12H2,(H,20,22). The zero-order chi connectivity index (χ0) is 17.6. The second-order valence-electron chi connectivity index (χ2n) is 5.39. The summed E-state index contributed by atoms with van der Waals surface area (Å²) in [7, 11) is 0. The van der Waals surface area contributed by atoms with Crippen LogP contribution in [0.2, 0.25) is 0 Å². The van der Waals surface area contributed by atoms with E-state index in [0.717, 1.165) is 16.5 Å². The number of benzene rings is 3. The molecule has 3 rings (SSSR count). The average Bonchev–Trinajstić information content (AvgIpc) is 2.65. The number of rotatable bonds is 6. The number of carbonyl (C=O) groups is 1. The fourth-order valence-corrected chi connectivity index (χ4v) is 2.51. The Morgan fingerprint density at radius 3 is 2.64 bits per heavy atom. The second-order valence-corrected chi connectivity index (χ2v) is 5.39. The molecule has 3 aromatic carbocycles. The van der Waals surface area contributed by atoms with Crippen molar-refractivity contribution in [2.75, 3.05) is 13.2 Å². The number of nitro groups is 1. The normalized spacial score (nSPS) is 10.4. The van der Waals surface area contributed by atoms with Gasteiger partial charge in [0, 0.05) is 23.1 Å². The van der Waals surface area contributed by atoms with Gasteiger partial charge in [-0.1, -0.05) is 42.5 Å². The molecule has 1 amide bonds. The number of hydrogen-bond acceptors (Lipinski definition) is 4. The van der Waals surface area contributed by atoms with Crippen molar-refractivity contribution in [2.24, 2.45) is 0 Å². The molecule has 25 heavy (non-hydrogen) atoms. The number of carbonyl (C=O) groups excluding carboxylic acids is 1. The Morgan fingerprint density at radius 1 is 1.04 bits per heavy atom. The Labute approximate surface area is 144 Å². The third-order valence-corrected chi connectivity index (χ3v) is 3.71. The predicted octanol–water partition coefficient (Wildman–Crippen LogP) is 3.56. The molecule has 0 saturated carbocycles. The molecule has 0 bridgehead atoms. The molecule has 0 aliphatic rings. The van der Waals surface area contributed by atoms with E-state index in [2.05, 4.69) is 5.32 Å². The number of hydrogen-bond donors (Lipinski definition) is 1. The first kappa shape index (κ1) is 16.4. The highest BCUT2D eigenvalue weighted by Gasteiger charge is 2.11. The lowest BCUT2D eigenvalue weighted by molar-refractivity contribution is -0.384. The lowest BCUT2D eigenvalue weighted by atomic mass is 10.1. The molecule has 126 valence electrons. The molecule has 0 saturated heterocycles. The van der Waals surface area contributed by atoms with Gasteiger partial charge in [0.1, 0.15) is 12.4 Å². The Morgan fingerprint density at radius 2 is 1.80 bits per heavy atom. The van der Waals surface area contributed by atoms with Crippen LogP contribution in [0.15, 0.2) is 66.7 Å². The Hall–Kier alpha value is -3.41. The molecule has 1 N–H and O–H groups in total. The highest BCUT2D eigenvalue weighted by atomic mass is 16.6. The summed E-state index contributed by atoms with van der Waals surface area (Å²) in [6.45, 7) is 0.597. The van der Waals surface area contributed by atoms with E-state index in [-0.39, 0.29) is 17.2 Å². The lowest BCUT2D eigenvalue weighted by Crippen LogP contribution is -2.28. The summed E-state index contributed by atoms with van der Waals surface area (Å²) in [4.78, 5) is 22.3. The number of nitrogens with zero attached hydrogens (tertiary/aromatic N) is 1. The van der Waals surface area contributed by atoms with Gasteiger partial charge < -0.3 is 10.1 Å². The van der Waals surface area contributed by atoms with Gasteiger partial charge in [0.05, 0.1) is 11.5 Å². The first-order chi connectivity index (χ1) is 12.1. The van der Waals surface area contributed by atoms with Crippen molar-refractivity contribution in [3.05, 3.63) is 82.4 Å². The van der Waals surface area contributed by atoms with Crippen molar-refractivity contribution >= 4 is 22.4 Å². The van der Waals surface area contributed by atoms with Gasteiger partial charge in [0.25, 0.3) is 11.6 Å². The third-order valence-electron chi connectivity index (χ3n) is 3.71. The maximum Gasteiger partial charge on any atom is 0.270 e. The Kier molecular flexibility index (Phi) is 4.89. The van der Waals surface area contributed by atoms with Crippen LogP contribution in [0.1, 0.15) is 10.4 Å². The van der Waals surface area contributed by atoms with Crippen LogP contribution in [0, 0.1) is 10.1 Å². The number of amides is 1. The molecule has 0 fully saturated rings. The lowest BCUT2D eigenvalue weighted by Gasteiger charge is -2.10. The van der Waals surface area contributed by atoms with Crippen molar-refractivity contribution in [2.45, 2.75) is 0 Å². The summed E-state index contributed by atoms with van der Waals surface area (Å²) in [5.41, 5.74) is 0.138. The molecule has 0 atom stereocenters. The fraction of sp³-hybridized carbons (Fsp3) is 0.105. The number of fused-ring (bicyclic) bond motifs is 1. The number of nitrogens with one attached hydrogen (secondary N) is 1. The number of ether oxygens (including phenoxy) is 1.